The molecule has 2 aromatic carbocycles. The molecule has 0 aliphatic heterocycles. The summed E-state index contributed by atoms with van der Waals surface area (Å²) in [5.41, 5.74) is 2.74. The van der Waals surface area contributed by atoms with Gasteiger partial charge in [-0.1, -0.05) is 34.8 Å². The fraction of sp³-hybridized carbons (Fsp3) is 0.150. The van der Waals surface area contributed by atoms with Gasteiger partial charge in [-0.2, -0.15) is 4.98 Å². The van der Waals surface area contributed by atoms with Gasteiger partial charge in [0.25, 0.3) is 0 Å². The van der Waals surface area contributed by atoms with Crippen molar-refractivity contribution < 1.29 is 4.79 Å². The molecule has 28 heavy (non-hydrogen) atoms. The van der Waals surface area contributed by atoms with Gasteiger partial charge in [-0.25, -0.2) is 4.98 Å². The largest absolute Gasteiger partial charge is 0.339 e. The van der Waals surface area contributed by atoms with Crippen molar-refractivity contribution in [1.29, 1.82) is 0 Å². The number of carbonyl (C=O) groups is 1. The summed E-state index contributed by atoms with van der Waals surface area (Å²) in [4.78, 5) is 21.6. The molecule has 0 radical (unpaired) electrons. The average Bonchev–Trinajstić information content (AvgIpc) is 2.66. The average molecular weight is 434 g/mol. The number of aryl methyl sites for hydroxylation is 1. The second-order valence-corrected chi connectivity index (χ2v) is 7.63. The topological polar surface area (TPSA) is 66.9 Å². The second-order valence-electron chi connectivity index (χ2n) is 6.38. The van der Waals surface area contributed by atoms with Crippen molar-refractivity contribution in [3.8, 4) is 0 Å². The highest BCUT2D eigenvalue weighted by atomic mass is 35.5. The molecule has 1 aliphatic carbocycles. The monoisotopic (exact) mass is 432 g/mol. The minimum absolute atomic E-state index is 0.0295. The summed E-state index contributed by atoms with van der Waals surface area (Å²) in [6, 6.07) is 12.4. The van der Waals surface area contributed by atoms with Crippen molar-refractivity contribution in [3.05, 3.63) is 68.8 Å². The van der Waals surface area contributed by atoms with Gasteiger partial charge in [0.15, 0.2) is 5.78 Å². The smallest absolute Gasteiger partial charge is 0.229 e. The van der Waals surface area contributed by atoms with Gasteiger partial charge in [0, 0.05) is 22.8 Å². The summed E-state index contributed by atoms with van der Waals surface area (Å²) < 4.78 is 0. The van der Waals surface area contributed by atoms with E-state index in [1.165, 1.54) is 0 Å². The van der Waals surface area contributed by atoms with Gasteiger partial charge in [-0.3, -0.25) is 4.79 Å². The highest BCUT2D eigenvalue weighted by Gasteiger charge is 2.25. The zero-order chi connectivity index (χ0) is 19.7. The Labute approximate surface area is 177 Å². The molecular weight excluding hydrogens is 419 g/mol. The molecule has 1 aromatic heterocycles. The Balaban J connectivity index is 1.73. The van der Waals surface area contributed by atoms with Crippen LogP contribution in [0.15, 0.2) is 42.5 Å². The Kier molecular flexibility index (Phi) is 5.40. The maximum Gasteiger partial charge on any atom is 0.229 e. The van der Waals surface area contributed by atoms with Gasteiger partial charge in [-0.05, 0) is 55.3 Å². The van der Waals surface area contributed by atoms with E-state index in [0.717, 1.165) is 24.2 Å². The molecule has 0 bridgehead atoms. The molecule has 8 heteroatoms. The fourth-order valence-electron chi connectivity index (χ4n) is 3.04. The van der Waals surface area contributed by atoms with Crippen LogP contribution in [0.2, 0.25) is 15.1 Å². The lowest BCUT2D eigenvalue weighted by atomic mass is 9.95. The first kappa shape index (κ1) is 19.0. The molecule has 4 rings (SSSR count). The van der Waals surface area contributed by atoms with E-state index >= 15 is 0 Å². The number of hydrogen-bond acceptors (Lipinski definition) is 5. The van der Waals surface area contributed by atoms with Crippen LogP contribution in [0.4, 0.5) is 23.1 Å². The quantitative estimate of drug-likeness (QED) is 0.495. The van der Waals surface area contributed by atoms with Gasteiger partial charge >= 0.3 is 0 Å². The normalized spacial score (nSPS) is 13.2. The van der Waals surface area contributed by atoms with E-state index in [9.17, 15) is 4.79 Å². The lowest BCUT2D eigenvalue weighted by molar-refractivity contribution is 0.0972. The molecule has 0 saturated heterocycles. The van der Waals surface area contributed by atoms with Gasteiger partial charge in [0.1, 0.15) is 5.82 Å². The number of nitrogens with one attached hydrogen (secondary N) is 2. The van der Waals surface area contributed by atoms with Crippen molar-refractivity contribution in [1.82, 2.24) is 9.97 Å². The van der Waals surface area contributed by atoms with Crippen LogP contribution in [0.1, 0.15) is 28.9 Å². The Morgan fingerprint density at radius 1 is 0.821 bits per heavy atom. The highest BCUT2D eigenvalue weighted by Crippen LogP contribution is 2.32. The maximum atomic E-state index is 12.5. The molecule has 0 amide bonds. The number of aromatic nitrogens is 2. The third-order valence-corrected chi connectivity index (χ3v) is 5.35. The fourth-order valence-corrected chi connectivity index (χ4v) is 3.47. The number of ketones is 1. The number of rotatable bonds is 4. The number of fused-ring (bicyclic) bond motifs is 1. The van der Waals surface area contributed by atoms with E-state index in [0.29, 0.717) is 44.5 Å². The highest BCUT2D eigenvalue weighted by molar-refractivity contribution is 6.42. The summed E-state index contributed by atoms with van der Waals surface area (Å²) >= 11 is 18.0. The van der Waals surface area contributed by atoms with Gasteiger partial charge in [0.2, 0.25) is 5.95 Å². The van der Waals surface area contributed by atoms with Crippen molar-refractivity contribution in [2.45, 2.75) is 19.3 Å². The standard InChI is InChI=1S/C20H15Cl3N4O/c21-11-4-6-12(7-5-11)25-20-26-16-2-1-3-17(28)18(16)19(27-20)24-13-8-9-14(22)15(23)10-13/h4-10H,1-3H2,(H2,24,25,26,27). The van der Waals surface area contributed by atoms with E-state index in [-0.39, 0.29) is 5.78 Å². The molecule has 3 aromatic rings. The van der Waals surface area contributed by atoms with Gasteiger partial charge < -0.3 is 10.6 Å². The minimum atomic E-state index is 0.0295. The number of halogens is 3. The van der Waals surface area contributed by atoms with Crippen molar-refractivity contribution in [2.75, 3.05) is 10.6 Å². The molecule has 0 fully saturated rings. The summed E-state index contributed by atoms with van der Waals surface area (Å²) in [6.45, 7) is 0. The summed E-state index contributed by atoms with van der Waals surface area (Å²) in [7, 11) is 0. The molecule has 1 heterocycles. The summed E-state index contributed by atoms with van der Waals surface area (Å²) in [5, 5.41) is 7.87. The second kappa shape index (κ2) is 7.95. The first-order valence-electron chi connectivity index (χ1n) is 8.68. The third kappa shape index (κ3) is 4.07. The summed E-state index contributed by atoms with van der Waals surface area (Å²) in [5.74, 6) is 0.879. The molecule has 1 aliphatic rings. The first-order chi connectivity index (χ1) is 13.5. The molecule has 142 valence electrons. The molecule has 0 spiro atoms. The van der Waals surface area contributed by atoms with Gasteiger partial charge in [0.05, 0.1) is 21.3 Å². The molecule has 0 unspecified atom stereocenters. The van der Waals surface area contributed by atoms with Crippen LogP contribution >= 0.6 is 34.8 Å². The lowest BCUT2D eigenvalue weighted by Crippen LogP contribution is -2.17. The van der Waals surface area contributed by atoms with E-state index in [1.807, 2.05) is 12.1 Å². The van der Waals surface area contributed by atoms with E-state index < -0.39 is 0 Å². The predicted octanol–water partition coefficient (Wildman–Crippen LogP) is 6.44. The van der Waals surface area contributed by atoms with Crippen molar-refractivity contribution in [3.63, 3.8) is 0 Å². The number of carbonyl (C=O) groups excluding carboxylic acids is 1. The van der Waals surface area contributed by atoms with E-state index in [2.05, 4.69) is 20.6 Å². The third-order valence-electron chi connectivity index (χ3n) is 4.36. The molecule has 2 N–H and O–H groups in total. The Bertz CT molecular complexity index is 1050. The molecule has 5 nitrogen and oxygen atoms in total. The van der Waals surface area contributed by atoms with Crippen LogP contribution in [-0.4, -0.2) is 15.8 Å². The maximum absolute atomic E-state index is 12.5. The lowest BCUT2D eigenvalue weighted by Gasteiger charge is -2.19. The Morgan fingerprint density at radius 3 is 2.32 bits per heavy atom. The minimum Gasteiger partial charge on any atom is -0.339 e. The molecule has 0 atom stereocenters. The van der Waals surface area contributed by atoms with Crippen LogP contribution in [0.5, 0.6) is 0 Å². The Hall–Kier alpha value is -2.34. The van der Waals surface area contributed by atoms with Crippen LogP contribution in [-0.2, 0) is 6.42 Å². The van der Waals surface area contributed by atoms with Crippen LogP contribution < -0.4 is 10.6 Å². The number of nitrogens with zero attached hydrogens (tertiary/aromatic N) is 2. The van der Waals surface area contributed by atoms with Crippen LogP contribution in [0.3, 0.4) is 0 Å². The summed E-state index contributed by atoms with van der Waals surface area (Å²) in [6.07, 6.45) is 1.97. The Morgan fingerprint density at radius 2 is 1.57 bits per heavy atom. The zero-order valence-corrected chi connectivity index (χ0v) is 16.9. The number of Topliss-reactive ketones (excluding diaryl/α,β-unsaturated/α-hetero) is 1. The molecular formula is C20H15Cl3N4O. The van der Waals surface area contributed by atoms with Crippen LogP contribution in [0, 0.1) is 0 Å². The molecule has 0 saturated carbocycles. The van der Waals surface area contributed by atoms with Crippen molar-refractivity contribution >= 4 is 63.7 Å². The van der Waals surface area contributed by atoms with Gasteiger partial charge in [-0.15, -0.1) is 0 Å². The number of hydrogen-bond donors (Lipinski definition) is 2. The van der Waals surface area contributed by atoms with Crippen LogP contribution in [0.25, 0.3) is 0 Å². The van der Waals surface area contributed by atoms with Crippen molar-refractivity contribution in [2.24, 2.45) is 0 Å². The van der Waals surface area contributed by atoms with E-state index in [1.54, 1.807) is 30.3 Å². The number of anilines is 4. The zero-order valence-electron chi connectivity index (χ0n) is 14.6. The van der Waals surface area contributed by atoms with E-state index in [4.69, 9.17) is 34.8 Å². The SMILES string of the molecule is O=C1CCCc2nc(Nc3ccc(Cl)cc3)nc(Nc3ccc(Cl)c(Cl)c3)c21. The predicted molar refractivity (Wildman–Crippen MR) is 114 cm³/mol. The first-order valence-corrected chi connectivity index (χ1v) is 9.82. The number of benzene rings is 2.